The summed E-state index contributed by atoms with van der Waals surface area (Å²) in [5.41, 5.74) is 0.498. The molecular weight excluding hydrogens is 220 g/mol. The molecule has 0 bridgehead atoms. The highest BCUT2D eigenvalue weighted by Crippen LogP contribution is 2.38. The Balaban J connectivity index is 3.31. The van der Waals surface area contributed by atoms with Gasteiger partial charge in [-0.05, 0) is 25.1 Å². The zero-order chi connectivity index (χ0) is 12.8. The van der Waals surface area contributed by atoms with Gasteiger partial charge in [-0.25, -0.2) is 0 Å². The molecule has 0 unspecified atom stereocenters. The van der Waals surface area contributed by atoms with E-state index >= 15 is 0 Å². The number of carbonyl (C=O) groups is 1. The molecule has 0 aliphatic heterocycles. The highest BCUT2D eigenvalue weighted by molar-refractivity contribution is 6.05. The maximum Gasteiger partial charge on any atom is 0.203 e. The van der Waals surface area contributed by atoms with Gasteiger partial charge in [-0.1, -0.05) is 6.08 Å². The van der Waals surface area contributed by atoms with Crippen LogP contribution in [0.4, 0.5) is 0 Å². The van der Waals surface area contributed by atoms with Gasteiger partial charge in [-0.3, -0.25) is 4.79 Å². The van der Waals surface area contributed by atoms with E-state index < -0.39 is 0 Å². The van der Waals surface area contributed by atoms with Gasteiger partial charge >= 0.3 is 0 Å². The molecule has 0 aromatic heterocycles. The summed E-state index contributed by atoms with van der Waals surface area (Å²) in [6.07, 6.45) is 3.17. The van der Waals surface area contributed by atoms with E-state index in [0.29, 0.717) is 22.8 Å². The molecule has 0 atom stereocenters. The van der Waals surface area contributed by atoms with Crippen molar-refractivity contribution >= 4 is 5.78 Å². The van der Waals surface area contributed by atoms with Crippen molar-refractivity contribution in [2.75, 3.05) is 21.3 Å². The highest BCUT2D eigenvalue weighted by Gasteiger charge is 2.15. The first-order chi connectivity index (χ1) is 8.17. The van der Waals surface area contributed by atoms with Crippen LogP contribution in [-0.4, -0.2) is 27.1 Å². The lowest BCUT2D eigenvalue weighted by Gasteiger charge is -2.13. The summed E-state index contributed by atoms with van der Waals surface area (Å²) in [5.74, 6) is 1.32. The first kappa shape index (κ1) is 13.1. The first-order valence-electron chi connectivity index (χ1n) is 5.15. The van der Waals surface area contributed by atoms with Crippen LogP contribution in [0.5, 0.6) is 17.2 Å². The minimum absolute atomic E-state index is 0.105. The van der Waals surface area contributed by atoms with E-state index in [1.165, 1.54) is 27.4 Å². The summed E-state index contributed by atoms with van der Waals surface area (Å²) in [6, 6.07) is 3.26. The van der Waals surface area contributed by atoms with E-state index in [9.17, 15) is 4.79 Å². The quantitative estimate of drug-likeness (QED) is 0.582. The number of hydrogen-bond acceptors (Lipinski definition) is 4. The predicted octanol–water partition coefficient (Wildman–Crippen LogP) is 2.47. The van der Waals surface area contributed by atoms with Gasteiger partial charge in [0.25, 0.3) is 0 Å². The van der Waals surface area contributed by atoms with E-state index in [1.54, 1.807) is 25.1 Å². The zero-order valence-corrected chi connectivity index (χ0v) is 10.4. The Bertz CT molecular complexity index is 410. The summed E-state index contributed by atoms with van der Waals surface area (Å²) in [7, 11) is 4.55. The number of carbonyl (C=O) groups excluding carboxylic acids is 1. The van der Waals surface area contributed by atoms with Crippen LogP contribution >= 0.6 is 0 Å². The normalized spacial score (nSPS) is 10.4. The van der Waals surface area contributed by atoms with E-state index in [-0.39, 0.29) is 5.78 Å². The van der Waals surface area contributed by atoms with Crippen LogP contribution in [0, 0.1) is 0 Å². The molecule has 4 nitrogen and oxygen atoms in total. The van der Waals surface area contributed by atoms with Crippen molar-refractivity contribution < 1.29 is 19.0 Å². The summed E-state index contributed by atoms with van der Waals surface area (Å²) in [5, 5.41) is 0. The second kappa shape index (κ2) is 5.94. The number of allylic oxidation sites excluding steroid dienone is 2. The zero-order valence-electron chi connectivity index (χ0n) is 10.4. The van der Waals surface area contributed by atoms with Crippen LogP contribution < -0.4 is 14.2 Å². The fraction of sp³-hybridized carbons (Fsp3) is 0.308. The molecule has 0 radical (unpaired) electrons. The molecule has 1 rings (SSSR count). The summed E-state index contributed by atoms with van der Waals surface area (Å²) in [6.45, 7) is 1.79. The Morgan fingerprint density at radius 2 is 1.59 bits per heavy atom. The van der Waals surface area contributed by atoms with Gasteiger partial charge in [0.05, 0.1) is 21.3 Å². The molecule has 0 aliphatic carbocycles. The van der Waals surface area contributed by atoms with E-state index in [0.717, 1.165) is 0 Å². The highest BCUT2D eigenvalue weighted by atomic mass is 16.5. The van der Waals surface area contributed by atoms with Crippen molar-refractivity contribution in [1.29, 1.82) is 0 Å². The number of ether oxygens (including phenoxy) is 3. The smallest absolute Gasteiger partial charge is 0.203 e. The molecule has 0 aliphatic rings. The standard InChI is InChI=1S/C13H16O4/c1-5-6-10(14)9-7-11(15-2)13(17-4)12(8-9)16-3/h5-8H,1-4H3/b6-5+. The molecule has 92 valence electrons. The van der Waals surface area contributed by atoms with Crippen LogP contribution in [0.15, 0.2) is 24.3 Å². The van der Waals surface area contributed by atoms with Gasteiger partial charge in [0.1, 0.15) is 0 Å². The van der Waals surface area contributed by atoms with E-state index in [4.69, 9.17) is 14.2 Å². The molecule has 1 aromatic carbocycles. The SMILES string of the molecule is C/C=C/C(=O)c1cc(OC)c(OC)c(OC)c1. The van der Waals surface area contributed by atoms with Gasteiger partial charge in [-0.2, -0.15) is 0 Å². The molecule has 0 saturated heterocycles. The number of methoxy groups -OCH3 is 3. The van der Waals surface area contributed by atoms with Crippen LogP contribution in [0.2, 0.25) is 0 Å². The maximum atomic E-state index is 11.7. The Morgan fingerprint density at radius 1 is 1.06 bits per heavy atom. The third-order valence-corrected chi connectivity index (χ3v) is 2.27. The summed E-state index contributed by atoms with van der Waals surface area (Å²) < 4.78 is 15.5. The molecule has 0 heterocycles. The lowest BCUT2D eigenvalue weighted by Crippen LogP contribution is -2.00. The van der Waals surface area contributed by atoms with Crippen molar-refractivity contribution in [2.45, 2.75) is 6.92 Å². The average molecular weight is 236 g/mol. The van der Waals surface area contributed by atoms with Gasteiger partial charge in [-0.15, -0.1) is 0 Å². The van der Waals surface area contributed by atoms with Crippen LogP contribution in [-0.2, 0) is 0 Å². The number of hydrogen-bond donors (Lipinski definition) is 0. The first-order valence-corrected chi connectivity index (χ1v) is 5.15. The third-order valence-electron chi connectivity index (χ3n) is 2.27. The van der Waals surface area contributed by atoms with Gasteiger partial charge < -0.3 is 14.2 Å². The molecule has 17 heavy (non-hydrogen) atoms. The van der Waals surface area contributed by atoms with Crippen molar-refractivity contribution in [3.8, 4) is 17.2 Å². The second-order valence-electron chi connectivity index (χ2n) is 3.28. The minimum atomic E-state index is -0.105. The fourth-order valence-corrected chi connectivity index (χ4v) is 1.47. The Morgan fingerprint density at radius 3 is 1.94 bits per heavy atom. The number of rotatable bonds is 5. The largest absolute Gasteiger partial charge is 0.493 e. The van der Waals surface area contributed by atoms with Gasteiger partial charge in [0.15, 0.2) is 17.3 Å². The molecule has 0 amide bonds. The van der Waals surface area contributed by atoms with Gasteiger partial charge in [0, 0.05) is 5.56 Å². The topological polar surface area (TPSA) is 44.8 Å². The van der Waals surface area contributed by atoms with Crippen molar-refractivity contribution in [3.05, 3.63) is 29.8 Å². The fourth-order valence-electron chi connectivity index (χ4n) is 1.47. The van der Waals surface area contributed by atoms with Crippen molar-refractivity contribution in [2.24, 2.45) is 0 Å². The lowest BCUT2D eigenvalue weighted by molar-refractivity contribution is 0.104. The number of benzene rings is 1. The molecular formula is C13H16O4. The monoisotopic (exact) mass is 236 g/mol. The summed E-state index contributed by atoms with van der Waals surface area (Å²) in [4.78, 5) is 11.7. The minimum Gasteiger partial charge on any atom is -0.493 e. The summed E-state index contributed by atoms with van der Waals surface area (Å²) >= 11 is 0. The Hall–Kier alpha value is -1.97. The Labute approximate surface area is 101 Å². The Kier molecular flexibility index (Phi) is 4.57. The van der Waals surface area contributed by atoms with Crippen LogP contribution in [0.3, 0.4) is 0 Å². The average Bonchev–Trinajstić information content (AvgIpc) is 2.37. The maximum absolute atomic E-state index is 11.7. The van der Waals surface area contributed by atoms with E-state index in [2.05, 4.69) is 0 Å². The van der Waals surface area contributed by atoms with Crippen LogP contribution in [0.25, 0.3) is 0 Å². The molecule has 0 spiro atoms. The lowest BCUT2D eigenvalue weighted by atomic mass is 10.1. The molecule has 0 saturated carbocycles. The van der Waals surface area contributed by atoms with Crippen molar-refractivity contribution in [1.82, 2.24) is 0 Å². The molecule has 0 fully saturated rings. The third kappa shape index (κ3) is 2.78. The van der Waals surface area contributed by atoms with Crippen LogP contribution in [0.1, 0.15) is 17.3 Å². The van der Waals surface area contributed by atoms with E-state index in [1.807, 2.05) is 0 Å². The predicted molar refractivity (Wildman–Crippen MR) is 65.2 cm³/mol. The molecule has 4 heteroatoms. The number of ketones is 1. The van der Waals surface area contributed by atoms with Crippen molar-refractivity contribution in [3.63, 3.8) is 0 Å². The molecule has 0 N–H and O–H groups in total. The van der Waals surface area contributed by atoms with Gasteiger partial charge in [0.2, 0.25) is 5.75 Å². The second-order valence-corrected chi connectivity index (χ2v) is 3.28. The molecule has 1 aromatic rings.